The maximum atomic E-state index is 14.6. The first-order chi connectivity index (χ1) is 32.3. The van der Waals surface area contributed by atoms with Crippen LogP contribution in [0, 0.1) is 11.3 Å². The maximum absolute atomic E-state index is 14.6. The number of nitrogens with zero attached hydrogens (tertiary/aromatic N) is 6. The van der Waals surface area contributed by atoms with Gasteiger partial charge in [-0.3, -0.25) is 39.0 Å². The first kappa shape index (κ1) is 53.4. The topological polar surface area (TPSA) is 173 Å². The Hall–Kier alpha value is -5.53. The summed E-state index contributed by atoms with van der Waals surface area (Å²) < 4.78 is 50.3. The number of amides is 5. The second-order valence-electron chi connectivity index (χ2n) is 19.3. The Morgan fingerprint density at radius 3 is 2.44 bits per heavy atom. The minimum absolute atomic E-state index is 0.0565. The summed E-state index contributed by atoms with van der Waals surface area (Å²) in [6, 6.07) is 7.22. The van der Waals surface area contributed by atoms with Crippen LogP contribution in [0.1, 0.15) is 83.5 Å². The number of likely N-dealkylation sites (N-methyl/N-ethyl adjacent to an activating group) is 1. The zero-order chi connectivity index (χ0) is 49.8. The summed E-state index contributed by atoms with van der Waals surface area (Å²) in [6.07, 6.45) is 2.45. The lowest BCUT2D eigenvalue weighted by atomic mass is 9.84. The van der Waals surface area contributed by atoms with E-state index in [1.54, 1.807) is 28.2 Å². The van der Waals surface area contributed by atoms with Crippen molar-refractivity contribution in [3.63, 3.8) is 0 Å². The molecule has 68 heavy (non-hydrogen) atoms. The molecule has 0 saturated carbocycles. The number of hydrogen-bond acceptors (Lipinski definition) is 10. The Labute approximate surface area is 398 Å². The lowest BCUT2D eigenvalue weighted by Gasteiger charge is -2.37. The van der Waals surface area contributed by atoms with Crippen LogP contribution in [0.15, 0.2) is 42.6 Å². The number of benzene rings is 1. The molecular formula is C49H71F3N10O6. The van der Waals surface area contributed by atoms with Gasteiger partial charge in [-0.2, -0.15) is 13.2 Å². The highest BCUT2D eigenvalue weighted by atomic mass is 19.4. The number of hydrazine groups is 1. The predicted octanol–water partition coefficient (Wildman–Crippen LogP) is 5.18. The van der Waals surface area contributed by atoms with Crippen LogP contribution < -0.4 is 21.4 Å². The number of aromatic nitrogens is 2. The molecule has 2 aliphatic rings. The van der Waals surface area contributed by atoms with Crippen molar-refractivity contribution in [3.05, 3.63) is 59.4 Å². The molecule has 3 aromatic rings. The fourth-order valence-corrected chi connectivity index (χ4v) is 9.42. The third-order valence-electron chi connectivity index (χ3n) is 12.6. The standard InChI is InChI=1S/C49H71F3N10O6/c1-33(2)42-37(14-11-17-55-42)44-39(26-48(5,6)30-68-32-64)38-25-35(15-16-41(38)61(44)29-49(50,51)52)36-13-12-20-59(27-36)28-40(46(66)62-21-10-9-18-56-62)57-45(65)43(34(3)4)58(8)23-24-60(47(67)53-7)22-19-54-31-63/h11,13-17,25,31-34,40,43,56H,9-10,12,18-24,26-30H2,1-8H3,(H,53,67)(H,54,63)(H,57,65). The van der Waals surface area contributed by atoms with Crippen LogP contribution in [0.3, 0.4) is 0 Å². The monoisotopic (exact) mass is 953 g/mol. The average molecular weight is 953 g/mol. The van der Waals surface area contributed by atoms with Gasteiger partial charge in [0.05, 0.1) is 24.0 Å². The first-order valence-electron chi connectivity index (χ1n) is 23.6. The quantitative estimate of drug-likeness (QED) is 0.0734. The highest BCUT2D eigenvalue weighted by Gasteiger charge is 2.37. The average Bonchev–Trinajstić information content (AvgIpc) is 3.58. The number of carbonyl (C=O) groups excluding carboxylic acids is 5. The van der Waals surface area contributed by atoms with Gasteiger partial charge in [0.2, 0.25) is 12.3 Å². The third-order valence-corrected chi connectivity index (χ3v) is 12.6. The van der Waals surface area contributed by atoms with Crippen molar-refractivity contribution in [2.75, 3.05) is 79.6 Å². The lowest BCUT2D eigenvalue weighted by Crippen LogP contribution is -2.61. The molecule has 0 radical (unpaired) electrons. The molecule has 5 amide bonds. The van der Waals surface area contributed by atoms with Crippen molar-refractivity contribution in [1.29, 1.82) is 0 Å². The highest BCUT2D eigenvalue weighted by Crippen LogP contribution is 2.42. The highest BCUT2D eigenvalue weighted by molar-refractivity contribution is 5.95. The van der Waals surface area contributed by atoms with Crippen LogP contribution in [-0.2, 0) is 36.9 Å². The molecule has 5 rings (SSSR count). The van der Waals surface area contributed by atoms with E-state index in [0.29, 0.717) is 91.9 Å². The van der Waals surface area contributed by atoms with Gasteiger partial charge in [-0.15, -0.1) is 0 Å². The van der Waals surface area contributed by atoms with Gasteiger partial charge < -0.3 is 30.2 Å². The zero-order valence-electron chi connectivity index (χ0n) is 40.9. The molecule has 4 N–H and O–H groups in total. The van der Waals surface area contributed by atoms with Gasteiger partial charge in [0.25, 0.3) is 12.4 Å². The summed E-state index contributed by atoms with van der Waals surface area (Å²) in [5, 5.41) is 10.5. The molecule has 4 heterocycles. The number of carbonyl (C=O) groups is 5. The molecule has 1 saturated heterocycles. The van der Waals surface area contributed by atoms with E-state index in [0.717, 1.165) is 24.0 Å². The Morgan fingerprint density at radius 2 is 1.79 bits per heavy atom. The van der Waals surface area contributed by atoms with E-state index in [-0.39, 0.29) is 62.5 Å². The molecule has 0 bridgehead atoms. The van der Waals surface area contributed by atoms with Crippen molar-refractivity contribution in [2.24, 2.45) is 11.3 Å². The summed E-state index contributed by atoms with van der Waals surface area (Å²) in [5.41, 5.74) is 7.11. The molecule has 0 spiro atoms. The number of rotatable bonds is 23. The molecule has 2 aliphatic heterocycles. The summed E-state index contributed by atoms with van der Waals surface area (Å²) in [4.78, 5) is 73.7. The van der Waals surface area contributed by atoms with Crippen molar-refractivity contribution in [3.8, 4) is 11.3 Å². The Kier molecular flexibility index (Phi) is 19.0. The smallest absolute Gasteiger partial charge is 0.406 e. The molecule has 19 heteroatoms. The van der Waals surface area contributed by atoms with Gasteiger partial charge in [-0.1, -0.05) is 53.7 Å². The van der Waals surface area contributed by atoms with Crippen molar-refractivity contribution in [1.82, 2.24) is 50.6 Å². The maximum Gasteiger partial charge on any atom is 0.406 e. The van der Waals surface area contributed by atoms with Gasteiger partial charge in [0.15, 0.2) is 0 Å². The van der Waals surface area contributed by atoms with Gasteiger partial charge >= 0.3 is 12.2 Å². The number of ether oxygens (including phenoxy) is 1. The molecule has 16 nitrogen and oxygen atoms in total. The van der Waals surface area contributed by atoms with Crippen LogP contribution in [0.2, 0.25) is 0 Å². The molecule has 2 aromatic heterocycles. The van der Waals surface area contributed by atoms with Gasteiger partial charge in [-0.25, -0.2) is 10.2 Å². The normalized spacial score (nSPS) is 15.9. The number of fused-ring (bicyclic) bond motifs is 1. The van der Waals surface area contributed by atoms with E-state index in [9.17, 15) is 37.1 Å². The second kappa shape index (κ2) is 24.2. The van der Waals surface area contributed by atoms with E-state index in [4.69, 9.17) is 4.74 Å². The summed E-state index contributed by atoms with van der Waals surface area (Å²) in [7, 11) is 3.34. The zero-order valence-corrected chi connectivity index (χ0v) is 40.9. The number of pyridine rings is 1. The Balaban J connectivity index is 1.48. The fraction of sp³-hybridized carbons (Fsp3) is 0.592. The minimum atomic E-state index is -4.54. The number of urea groups is 1. The number of halogens is 3. The van der Waals surface area contributed by atoms with E-state index >= 15 is 0 Å². The van der Waals surface area contributed by atoms with E-state index < -0.39 is 30.2 Å². The predicted molar refractivity (Wildman–Crippen MR) is 256 cm³/mol. The molecule has 1 fully saturated rings. The minimum Gasteiger partial charge on any atom is -0.467 e. The second-order valence-corrected chi connectivity index (χ2v) is 19.3. The summed E-state index contributed by atoms with van der Waals surface area (Å²) in [5.74, 6) is -0.833. The SMILES string of the molecule is CNC(=O)N(CCNC=O)CCN(C)C(C(=O)NC(CN1CCC=C(c2ccc3c(c2)c(CC(C)(C)COC=O)c(-c2cccnc2C(C)C)n3CC(F)(F)F)C1)C(=O)N1CCCCN1)C(C)C. The van der Waals surface area contributed by atoms with Crippen LogP contribution in [0.5, 0.6) is 0 Å². The molecule has 2 unspecified atom stereocenters. The Morgan fingerprint density at radius 1 is 1.03 bits per heavy atom. The van der Waals surface area contributed by atoms with E-state index in [2.05, 4.69) is 37.3 Å². The largest absolute Gasteiger partial charge is 0.467 e. The van der Waals surface area contributed by atoms with Crippen LogP contribution in [0.25, 0.3) is 27.7 Å². The summed E-state index contributed by atoms with van der Waals surface area (Å²) in [6.45, 7) is 14.3. The summed E-state index contributed by atoms with van der Waals surface area (Å²) >= 11 is 0. The number of hydrogen-bond donors (Lipinski definition) is 4. The van der Waals surface area contributed by atoms with Crippen LogP contribution in [-0.4, -0.2) is 158 Å². The number of nitrogens with one attached hydrogen (secondary N) is 4. The lowest BCUT2D eigenvalue weighted by molar-refractivity contribution is -0.142. The van der Waals surface area contributed by atoms with Crippen LogP contribution in [0.4, 0.5) is 18.0 Å². The molecule has 1 aromatic carbocycles. The number of alkyl halides is 3. The molecule has 374 valence electrons. The van der Waals surface area contributed by atoms with E-state index in [1.807, 2.05) is 71.7 Å². The third kappa shape index (κ3) is 14.0. The van der Waals surface area contributed by atoms with Crippen molar-refractivity contribution < 1.29 is 41.9 Å². The molecular weight excluding hydrogens is 882 g/mol. The van der Waals surface area contributed by atoms with Gasteiger partial charge in [0, 0.05) is 94.0 Å². The van der Waals surface area contributed by atoms with E-state index in [1.165, 1.54) is 11.6 Å². The molecule has 2 atom stereocenters. The van der Waals surface area contributed by atoms with Crippen molar-refractivity contribution in [2.45, 2.75) is 97.9 Å². The first-order valence-corrected chi connectivity index (χ1v) is 23.6. The fourth-order valence-electron chi connectivity index (χ4n) is 9.42. The molecule has 0 aliphatic carbocycles. The van der Waals surface area contributed by atoms with Crippen molar-refractivity contribution >= 4 is 47.2 Å². The Bertz CT molecular complexity index is 2240. The van der Waals surface area contributed by atoms with Crippen LogP contribution >= 0.6 is 0 Å². The van der Waals surface area contributed by atoms with Gasteiger partial charge in [-0.05, 0) is 85.5 Å². The van der Waals surface area contributed by atoms with Gasteiger partial charge in [0.1, 0.15) is 12.6 Å².